The second-order valence-electron chi connectivity index (χ2n) is 5.54. The van der Waals surface area contributed by atoms with Crippen molar-refractivity contribution in [2.24, 2.45) is 0 Å². The molecule has 128 valence electrons. The van der Waals surface area contributed by atoms with E-state index in [1.165, 1.54) is 24.4 Å². The minimum absolute atomic E-state index is 0.173. The molecule has 0 radical (unpaired) electrons. The van der Waals surface area contributed by atoms with Crippen molar-refractivity contribution in [3.8, 4) is 17.1 Å². The van der Waals surface area contributed by atoms with Gasteiger partial charge in [-0.3, -0.25) is 14.3 Å². The van der Waals surface area contributed by atoms with Gasteiger partial charge in [-0.25, -0.2) is 0 Å². The van der Waals surface area contributed by atoms with Crippen LogP contribution in [-0.4, -0.2) is 38.6 Å². The molecule has 0 aliphatic rings. The minimum Gasteiger partial charge on any atom is -0.468 e. The van der Waals surface area contributed by atoms with Crippen LogP contribution in [0.1, 0.15) is 11.1 Å². The number of nitrogens with zero attached hydrogens (tertiary/aromatic N) is 4. The van der Waals surface area contributed by atoms with Crippen LogP contribution in [-0.2, 0) is 9.53 Å². The predicted molar refractivity (Wildman–Crippen MR) is 96.8 cm³/mol. The van der Waals surface area contributed by atoms with Crippen molar-refractivity contribution >= 4 is 17.7 Å². The normalized spacial score (nSPS) is 10.7. The zero-order chi connectivity index (χ0) is 17.8. The molecule has 0 aliphatic heterocycles. The molecular weight excluding hydrogens is 336 g/mol. The number of hydrogen-bond donors (Lipinski definition) is 0. The van der Waals surface area contributed by atoms with Crippen molar-refractivity contribution in [1.82, 2.24) is 19.7 Å². The highest BCUT2D eigenvalue weighted by atomic mass is 32.2. The molecule has 1 aromatic carbocycles. The summed E-state index contributed by atoms with van der Waals surface area (Å²) in [6.45, 7) is 4.10. The molecule has 0 atom stereocenters. The summed E-state index contributed by atoms with van der Waals surface area (Å²) >= 11 is 1.30. The molecule has 3 rings (SSSR count). The Labute approximate surface area is 150 Å². The first kappa shape index (κ1) is 17.2. The van der Waals surface area contributed by atoms with Crippen molar-refractivity contribution in [2.45, 2.75) is 19.0 Å². The molecule has 0 aliphatic carbocycles. The molecule has 0 unspecified atom stereocenters. The smallest absolute Gasteiger partial charge is 0.316 e. The Balaban J connectivity index is 2.11. The lowest BCUT2D eigenvalue weighted by molar-refractivity contribution is -0.137. The third-order valence-corrected chi connectivity index (χ3v) is 4.60. The maximum absolute atomic E-state index is 11.5. The SMILES string of the molecule is COC(=O)CSc1nnc(-c2cccnc2)n1-c1ccc(C)cc1C. The van der Waals surface area contributed by atoms with Crippen molar-refractivity contribution in [3.05, 3.63) is 53.9 Å². The standard InChI is InChI=1S/C18H18N4O2S/c1-12-6-7-15(13(2)9-12)22-17(14-5-4-8-19-10-14)20-21-18(22)25-11-16(23)24-3/h4-10H,11H2,1-3H3. The number of carbonyl (C=O) groups is 1. The van der Waals surface area contributed by atoms with Crippen LogP contribution in [0.2, 0.25) is 0 Å². The first-order valence-electron chi connectivity index (χ1n) is 7.73. The molecule has 0 N–H and O–H groups in total. The quantitative estimate of drug-likeness (QED) is 0.518. The van der Waals surface area contributed by atoms with Crippen LogP contribution < -0.4 is 0 Å². The molecule has 6 nitrogen and oxygen atoms in total. The number of esters is 1. The first-order valence-corrected chi connectivity index (χ1v) is 8.71. The number of hydrogen-bond acceptors (Lipinski definition) is 6. The Kier molecular flexibility index (Phi) is 5.14. The Morgan fingerprint density at radius 2 is 2.08 bits per heavy atom. The van der Waals surface area contributed by atoms with E-state index in [9.17, 15) is 4.79 Å². The van der Waals surface area contributed by atoms with Crippen LogP contribution in [0.25, 0.3) is 17.1 Å². The molecule has 0 bridgehead atoms. The molecule has 7 heteroatoms. The van der Waals surface area contributed by atoms with E-state index in [1.807, 2.05) is 35.8 Å². The number of carbonyl (C=O) groups excluding carboxylic acids is 1. The fraction of sp³-hybridized carbons (Fsp3) is 0.222. The van der Waals surface area contributed by atoms with E-state index in [-0.39, 0.29) is 11.7 Å². The van der Waals surface area contributed by atoms with E-state index in [4.69, 9.17) is 4.74 Å². The van der Waals surface area contributed by atoms with Gasteiger partial charge in [0, 0.05) is 18.0 Å². The molecule has 25 heavy (non-hydrogen) atoms. The van der Waals surface area contributed by atoms with Crippen molar-refractivity contribution in [1.29, 1.82) is 0 Å². The Morgan fingerprint density at radius 1 is 1.24 bits per heavy atom. The lowest BCUT2D eigenvalue weighted by Crippen LogP contribution is -2.06. The zero-order valence-corrected chi connectivity index (χ0v) is 15.1. The van der Waals surface area contributed by atoms with E-state index < -0.39 is 0 Å². The summed E-state index contributed by atoms with van der Waals surface area (Å²) < 4.78 is 6.68. The average Bonchev–Trinajstić information content (AvgIpc) is 3.04. The van der Waals surface area contributed by atoms with Crippen LogP contribution in [0, 0.1) is 13.8 Å². The lowest BCUT2D eigenvalue weighted by Gasteiger charge is -2.13. The van der Waals surface area contributed by atoms with Crippen molar-refractivity contribution < 1.29 is 9.53 Å². The summed E-state index contributed by atoms with van der Waals surface area (Å²) in [7, 11) is 1.37. The highest BCUT2D eigenvalue weighted by Crippen LogP contribution is 2.29. The lowest BCUT2D eigenvalue weighted by atomic mass is 10.1. The molecule has 0 spiro atoms. The van der Waals surface area contributed by atoms with E-state index in [1.54, 1.807) is 12.4 Å². The number of pyridine rings is 1. The van der Waals surface area contributed by atoms with E-state index in [0.29, 0.717) is 11.0 Å². The van der Waals surface area contributed by atoms with Crippen LogP contribution in [0.5, 0.6) is 0 Å². The van der Waals surface area contributed by atoms with Crippen LogP contribution in [0.4, 0.5) is 0 Å². The summed E-state index contributed by atoms with van der Waals surface area (Å²) in [4.78, 5) is 15.7. The Bertz CT molecular complexity index is 893. The van der Waals surface area contributed by atoms with Gasteiger partial charge < -0.3 is 4.74 Å². The maximum Gasteiger partial charge on any atom is 0.316 e. The third kappa shape index (κ3) is 3.71. The second kappa shape index (κ2) is 7.48. The number of thioether (sulfide) groups is 1. The number of rotatable bonds is 5. The molecule has 2 heterocycles. The number of benzene rings is 1. The van der Waals surface area contributed by atoms with Crippen molar-refractivity contribution in [3.63, 3.8) is 0 Å². The fourth-order valence-electron chi connectivity index (χ4n) is 2.50. The minimum atomic E-state index is -0.303. The summed E-state index contributed by atoms with van der Waals surface area (Å²) in [6, 6.07) is 9.99. The third-order valence-electron chi connectivity index (χ3n) is 3.69. The molecule has 2 aromatic heterocycles. The van der Waals surface area contributed by atoms with Gasteiger partial charge in [0.05, 0.1) is 18.6 Å². The molecule has 0 amide bonds. The average molecular weight is 354 g/mol. The summed E-state index contributed by atoms with van der Waals surface area (Å²) in [5.74, 6) is 0.558. The Hall–Kier alpha value is -2.67. The van der Waals surface area contributed by atoms with Gasteiger partial charge in [-0.05, 0) is 37.6 Å². The van der Waals surface area contributed by atoms with Crippen LogP contribution in [0.15, 0.2) is 47.9 Å². The van der Waals surface area contributed by atoms with Gasteiger partial charge in [-0.1, -0.05) is 29.5 Å². The van der Waals surface area contributed by atoms with Crippen molar-refractivity contribution in [2.75, 3.05) is 12.9 Å². The van der Waals surface area contributed by atoms with Gasteiger partial charge in [-0.2, -0.15) is 0 Å². The highest BCUT2D eigenvalue weighted by molar-refractivity contribution is 7.99. The van der Waals surface area contributed by atoms with Gasteiger partial charge >= 0.3 is 5.97 Å². The van der Waals surface area contributed by atoms with E-state index in [0.717, 1.165) is 16.8 Å². The summed E-state index contributed by atoms with van der Waals surface area (Å²) in [5, 5.41) is 9.24. The second-order valence-corrected chi connectivity index (χ2v) is 6.48. The van der Waals surface area contributed by atoms with Crippen LogP contribution >= 0.6 is 11.8 Å². The summed E-state index contributed by atoms with van der Waals surface area (Å²) in [6.07, 6.45) is 3.47. The number of aromatic nitrogens is 4. The molecule has 0 saturated heterocycles. The van der Waals surface area contributed by atoms with Crippen LogP contribution in [0.3, 0.4) is 0 Å². The largest absolute Gasteiger partial charge is 0.468 e. The predicted octanol–water partition coefficient (Wildman–Crippen LogP) is 3.21. The van der Waals surface area contributed by atoms with E-state index in [2.05, 4.69) is 28.2 Å². The van der Waals surface area contributed by atoms with E-state index >= 15 is 0 Å². The number of methoxy groups -OCH3 is 1. The zero-order valence-electron chi connectivity index (χ0n) is 14.3. The number of ether oxygens (including phenoxy) is 1. The fourth-order valence-corrected chi connectivity index (χ4v) is 3.28. The molecular formula is C18H18N4O2S. The monoisotopic (exact) mass is 354 g/mol. The van der Waals surface area contributed by atoms with Gasteiger partial charge in [0.2, 0.25) is 0 Å². The van der Waals surface area contributed by atoms with Gasteiger partial charge in [-0.15, -0.1) is 10.2 Å². The molecule has 0 fully saturated rings. The first-order chi connectivity index (χ1) is 12.1. The van der Waals surface area contributed by atoms with Gasteiger partial charge in [0.1, 0.15) is 0 Å². The van der Waals surface area contributed by atoms with Gasteiger partial charge in [0.15, 0.2) is 11.0 Å². The number of aryl methyl sites for hydroxylation is 2. The summed E-state index contributed by atoms with van der Waals surface area (Å²) in [5.41, 5.74) is 4.12. The Morgan fingerprint density at radius 3 is 2.76 bits per heavy atom. The molecule has 0 saturated carbocycles. The van der Waals surface area contributed by atoms with Gasteiger partial charge in [0.25, 0.3) is 0 Å². The molecule has 3 aromatic rings. The maximum atomic E-state index is 11.5. The topological polar surface area (TPSA) is 69.9 Å². The highest BCUT2D eigenvalue weighted by Gasteiger charge is 2.18.